The van der Waals surface area contributed by atoms with E-state index < -0.39 is 18.4 Å². The molecule has 2 fully saturated rings. The van der Waals surface area contributed by atoms with Gasteiger partial charge in [-0.25, -0.2) is 0 Å². The van der Waals surface area contributed by atoms with Gasteiger partial charge in [-0.05, 0) is 44.4 Å². The number of hydrogen-bond donors (Lipinski definition) is 1. The van der Waals surface area contributed by atoms with Crippen LogP contribution >= 0.6 is 0 Å². The molecule has 0 radical (unpaired) electrons. The Morgan fingerprint density at radius 3 is 2.28 bits per heavy atom. The summed E-state index contributed by atoms with van der Waals surface area (Å²) in [6.45, 7) is 1.61. The third kappa shape index (κ3) is 4.43. The summed E-state index contributed by atoms with van der Waals surface area (Å²) in [6.07, 6.45) is 1.47. The molecule has 0 saturated heterocycles. The van der Waals surface area contributed by atoms with Gasteiger partial charge in [-0.1, -0.05) is 6.92 Å². The lowest BCUT2D eigenvalue weighted by atomic mass is 9.79. The van der Waals surface area contributed by atoms with Crippen LogP contribution in [0, 0.1) is 5.92 Å². The lowest BCUT2D eigenvalue weighted by Gasteiger charge is -2.40. The van der Waals surface area contributed by atoms with Crippen LogP contribution in [-0.2, 0) is 4.74 Å². The fourth-order valence-corrected chi connectivity index (χ4v) is 2.51. The van der Waals surface area contributed by atoms with Gasteiger partial charge in [-0.15, -0.1) is 0 Å². The standard InChI is InChI=1S/C13H22F3NO/c1-10-4-6-12(7-5-10,8-17-11-2-3-11)18-9-13(14,15)16/h10-11,17H,2-9H2,1H3. The number of halogens is 3. The molecule has 0 aliphatic heterocycles. The monoisotopic (exact) mass is 265 g/mol. The fraction of sp³-hybridized carbons (Fsp3) is 1.00. The van der Waals surface area contributed by atoms with Crippen LogP contribution < -0.4 is 5.32 Å². The quantitative estimate of drug-likeness (QED) is 0.823. The Bertz CT molecular complexity index is 268. The van der Waals surface area contributed by atoms with Crippen molar-refractivity contribution >= 4 is 0 Å². The SMILES string of the molecule is CC1CCC(CNC2CC2)(OCC(F)(F)F)CC1. The predicted octanol–water partition coefficient (Wildman–Crippen LogP) is 3.27. The molecule has 2 saturated carbocycles. The number of rotatable bonds is 5. The molecule has 2 nitrogen and oxygen atoms in total. The third-order valence-electron chi connectivity index (χ3n) is 4.02. The molecule has 2 rings (SSSR count). The molecule has 0 heterocycles. The molecular formula is C13H22F3NO. The zero-order valence-corrected chi connectivity index (χ0v) is 10.9. The zero-order chi connectivity index (χ0) is 13.2. The van der Waals surface area contributed by atoms with Gasteiger partial charge in [0.1, 0.15) is 6.61 Å². The average molecular weight is 265 g/mol. The Labute approximate surface area is 106 Å². The second kappa shape index (κ2) is 5.37. The summed E-state index contributed by atoms with van der Waals surface area (Å²) in [5, 5.41) is 3.33. The smallest absolute Gasteiger partial charge is 0.364 e. The maximum absolute atomic E-state index is 12.3. The van der Waals surface area contributed by atoms with Crippen molar-refractivity contribution in [3.05, 3.63) is 0 Å². The number of alkyl halides is 3. The summed E-state index contributed by atoms with van der Waals surface area (Å²) in [7, 11) is 0. The van der Waals surface area contributed by atoms with Crippen molar-refractivity contribution in [2.45, 2.75) is 63.3 Å². The topological polar surface area (TPSA) is 21.3 Å². The highest BCUT2D eigenvalue weighted by molar-refractivity contribution is 4.92. The van der Waals surface area contributed by atoms with Crippen molar-refractivity contribution in [3.8, 4) is 0 Å². The van der Waals surface area contributed by atoms with Gasteiger partial charge in [-0.2, -0.15) is 13.2 Å². The number of hydrogen-bond acceptors (Lipinski definition) is 2. The maximum Gasteiger partial charge on any atom is 0.411 e. The first kappa shape index (κ1) is 14.1. The first-order chi connectivity index (χ1) is 8.39. The van der Waals surface area contributed by atoms with Crippen molar-refractivity contribution in [1.82, 2.24) is 5.32 Å². The minimum atomic E-state index is -4.23. The van der Waals surface area contributed by atoms with Gasteiger partial charge >= 0.3 is 6.18 Å². The molecule has 0 unspecified atom stereocenters. The Kier molecular flexibility index (Phi) is 4.22. The first-order valence-electron chi connectivity index (χ1n) is 6.83. The summed E-state index contributed by atoms with van der Waals surface area (Å²) in [6, 6.07) is 0.510. The fourth-order valence-electron chi connectivity index (χ4n) is 2.51. The first-order valence-corrected chi connectivity index (χ1v) is 6.83. The zero-order valence-electron chi connectivity index (χ0n) is 10.9. The van der Waals surface area contributed by atoms with Crippen LogP contribution in [0.15, 0.2) is 0 Å². The molecule has 0 aromatic rings. The molecule has 0 aromatic heterocycles. The van der Waals surface area contributed by atoms with Gasteiger partial charge in [-0.3, -0.25) is 0 Å². The number of nitrogens with one attached hydrogen (secondary N) is 1. The van der Waals surface area contributed by atoms with E-state index in [4.69, 9.17) is 4.74 Å². The summed E-state index contributed by atoms with van der Waals surface area (Å²) in [5.74, 6) is 0.605. The summed E-state index contributed by atoms with van der Waals surface area (Å²) in [4.78, 5) is 0. The normalized spacial score (nSPS) is 33.7. The van der Waals surface area contributed by atoms with Crippen LogP contribution in [0.5, 0.6) is 0 Å². The summed E-state index contributed by atoms with van der Waals surface area (Å²) in [5.41, 5.74) is -0.593. The van der Waals surface area contributed by atoms with Crippen LogP contribution in [0.3, 0.4) is 0 Å². The van der Waals surface area contributed by atoms with Crippen molar-refractivity contribution in [1.29, 1.82) is 0 Å². The Morgan fingerprint density at radius 2 is 1.78 bits per heavy atom. The minimum absolute atomic E-state index is 0.510. The van der Waals surface area contributed by atoms with Gasteiger partial charge in [0.05, 0.1) is 5.60 Å². The van der Waals surface area contributed by atoms with E-state index in [9.17, 15) is 13.2 Å². The molecule has 18 heavy (non-hydrogen) atoms. The molecule has 0 aromatic carbocycles. The molecular weight excluding hydrogens is 243 g/mol. The van der Waals surface area contributed by atoms with E-state index in [0.717, 1.165) is 38.5 Å². The number of ether oxygens (including phenoxy) is 1. The molecule has 2 aliphatic rings. The second-order valence-electron chi connectivity index (χ2n) is 5.92. The molecule has 106 valence electrons. The van der Waals surface area contributed by atoms with Crippen molar-refractivity contribution in [3.63, 3.8) is 0 Å². The summed E-state index contributed by atoms with van der Waals surface area (Å²) >= 11 is 0. The van der Waals surface area contributed by atoms with E-state index in [1.807, 2.05) is 0 Å². The van der Waals surface area contributed by atoms with E-state index >= 15 is 0 Å². The van der Waals surface area contributed by atoms with Gasteiger partial charge in [0, 0.05) is 12.6 Å². The highest BCUT2D eigenvalue weighted by atomic mass is 19.4. The lowest BCUT2D eigenvalue weighted by molar-refractivity contribution is -0.211. The highest BCUT2D eigenvalue weighted by Gasteiger charge is 2.40. The molecule has 0 atom stereocenters. The van der Waals surface area contributed by atoms with Crippen LogP contribution in [-0.4, -0.2) is 31.0 Å². The van der Waals surface area contributed by atoms with Gasteiger partial charge in [0.25, 0.3) is 0 Å². The minimum Gasteiger partial charge on any atom is -0.364 e. The van der Waals surface area contributed by atoms with Gasteiger partial charge in [0.15, 0.2) is 0 Å². The van der Waals surface area contributed by atoms with Crippen LogP contribution in [0.2, 0.25) is 0 Å². The van der Waals surface area contributed by atoms with Gasteiger partial charge < -0.3 is 10.1 Å². The second-order valence-corrected chi connectivity index (χ2v) is 5.92. The van der Waals surface area contributed by atoms with Crippen LogP contribution in [0.1, 0.15) is 45.4 Å². The van der Waals surface area contributed by atoms with E-state index in [-0.39, 0.29) is 0 Å². The molecule has 0 bridgehead atoms. The average Bonchev–Trinajstić information content (AvgIpc) is 3.10. The van der Waals surface area contributed by atoms with E-state index in [2.05, 4.69) is 12.2 Å². The highest BCUT2D eigenvalue weighted by Crippen LogP contribution is 2.36. The van der Waals surface area contributed by atoms with Crippen LogP contribution in [0.4, 0.5) is 13.2 Å². The van der Waals surface area contributed by atoms with E-state index in [1.165, 1.54) is 0 Å². The van der Waals surface area contributed by atoms with Crippen molar-refractivity contribution in [2.24, 2.45) is 5.92 Å². The van der Waals surface area contributed by atoms with Crippen LogP contribution in [0.25, 0.3) is 0 Å². The predicted molar refractivity (Wildman–Crippen MR) is 63.4 cm³/mol. The maximum atomic E-state index is 12.3. The Morgan fingerprint density at radius 1 is 1.17 bits per heavy atom. The van der Waals surface area contributed by atoms with Crippen molar-refractivity contribution < 1.29 is 17.9 Å². The Balaban J connectivity index is 1.88. The largest absolute Gasteiger partial charge is 0.411 e. The Hall–Kier alpha value is -0.290. The third-order valence-corrected chi connectivity index (χ3v) is 4.02. The van der Waals surface area contributed by atoms with Crippen molar-refractivity contribution in [2.75, 3.05) is 13.2 Å². The van der Waals surface area contributed by atoms with Gasteiger partial charge in [0.2, 0.25) is 0 Å². The molecule has 2 aliphatic carbocycles. The molecule has 0 amide bonds. The van der Waals surface area contributed by atoms with E-state index in [0.29, 0.717) is 18.5 Å². The molecule has 1 N–H and O–H groups in total. The molecule has 0 spiro atoms. The molecule has 5 heteroatoms. The van der Waals surface area contributed by atoms with E-state index in [1.54, 1.807) is 0 Å². The summed E-state index contributed by atoms with van der Waals surface area (Å²) < 4.78 is 42.2. The lowest BCUT2D eigenvalue weighted by Crippen LogP contribution is -2.47.